The molecule has 0 saturated heterocycles. The summed E-state index contributed by atoms with van der Waals surface area (Å²) in [6.45, 7) is 14.7. The summed E-state index contributed by atoms with van der Waals surface area (Å²) in [6.07, 6.45) is 13.1. The van der Waals surface area contributed by atoms with Crippen molar-refractivity contribution < 1.29 is 5.11 Å². The number of hydrogen-bond acceptors (Lipinski definition) is 6. The highest BCUT2D eigenvalue weighted by Gasteiger charge is 2.23. The standard InChI is InChI=1S/C24H35N7O/c1-7-19(8-2)30(9-3)25-12-10-20-22-11-13-26-31(22)16-21(28-20)18-14-27-29(15-18)17-23(32)24(4,5)6/h9,11-16,19,23,32H,3,7-8,10,17H2,1-2,4-6H3/b25-12-. The Kier molecular flexibility index (Phi) is 7.45. The fraction of sp³-hybridized carbons (Fsp3) is 0.500. The first-order valence-corrected chi connectivity index (χ1v) is 11.2. The van der Waals surface area contributed by atoms with Crippen LogP contribution in [0.15, 0.2) is 48.7 Å². The van der Waals surface area contributed by atoms with Crippen molar-refractivity contribution in [2.24, 2.45) is 10.5 Å². The van der Waals surface area contributed by atoms with Crippen molar-refractivity contribution in [3.8, 4) is 11.3 Å². The number of aliphatic hydroxyl groups excluding tert-OH is 1. The van der Waals surface area contributed by atoms with E-state index in [2.05, 4.69) is 35.7 Å². The average molecular weight is 438 g/mol. The SMILES string of the molecule is C=CN(/N=C\Cc1nc(-c2cnn(CC(O)C(C)(C)C)c2)cn2nccc12)C(CC)CC. The molecule has 32 heavy (non-hydrogen) atoms. The van der Waals surface area contributed by atoms with Gasteiger partial charge in [0, 0.05) is 30.6 Å². The Balaban J connectivity index is 1.84. The largest absolute Gasteiger partial charge is 0.391 e. The summed E-state index contributed by atoms with van der Waals surface area (Å²) in [6, 6.07) is 2.29. The van der Waals surface area contributed by atoms with Crippen LogP contribution in [0.25, 0.3) is 16.8 Å². The van der Waals surface area contributed by atoms with Gasteiger partial charge in [0.1, 0.15) is 0 Å². The fourth-order valence-corrected chi connectivity index (χ4v) is 3.50. The zero-order valence-corrected chi connectivity index (χ0v) is 19.8. The molecule has 8 nitrogen and oxygen atoms in total. The Bertz CT molecular complexity index is 1060. The molecule has 3 heterocycles. The lowest BCUT2D eigenvalue weighted by atomic mass is 9.89. The van der Waals surface area contributed by atoms with Crippen molar-refractivity contribution in [3.05, 3.63) is 49.3 Å². The van der Waals surface area contributed by atoms with Gasteiger partial charge in [0.2, 0.25) is 0 Å². The molecule has 1 atom stereocenters. The van der Waals surface area contributed by atoms with Crippen LogP contribution in [-0.2, 0) is 13.0 Å². The van der Waals surface area contributed by atoms with Gasteiger partial charge in [-0.25, -0.2) is 9.50 Å². The van der Waals surface area contributed by atoms with Crippen LogP contribution in [0, 0.1) is 5.41 Å². The van der Waals surface area contributed by atoms with Gasteiger partial charge >= 0.3 is 0 Å². The van der Waals surface area contributed by atoms with Gasteiger partial charge in [-0.2, -0.15) is 15.3 Å². The second-order valence-electron chi connectivity index (χ2n) is 9.10. The maximum absolute atomic E-state index is 10.4. The molecular weight excluding hydrogens is 402 g/mol. The maximum Gasteiger partial charge on any atom is 0.0921 e. The van der Waals surface area contributed by atoms with E-state index in [9.17, 15) is 5.11 Å². The molecule has 0 amide bonds. The van der Waals surface area contributed by atoms with Crippen molar-refractivity contribution in [2.75, 3.05) is 0 Å². The van der Waals surface area contributed by atoms with Crippen molar-refractivity contribution in [1.29, 1.82) is 0 Å². The molecule has 0 fully saturated rings. The van der Waals surface area contributed by atoms with Gasteiger partial charge in [-0.3, -0.25) is 9.69 Å². The van der Waals surface area contributed by atoms with Crippen molar-refractivity contribution in [3.63, 3.8) is 0 Å². The van der Waals surface area contributed by atoms with Crippen molar-refractivity contribution in [2.45, 2.75) is 72.6 Å². The normalized spacial score (nSPS) is 13.3. The van der Waals surface area contributed by atoms with E-state index in [4.69, 9.17) is 4.98 Å². The summed E-state index contributed by atoms with van der Waals surface area (Å²) in [5, 5.41) is 25.8. The molecule has 3 rings (SSSR count). The van der Waals surface area contributed by atoms with Gasteiger partial charge in [0.25, 0.3) is 0 Å². The number of fused-ring (bicyclic) bond motifs is 1. The van der Waals surface area contributed by atoms with Crippen LogP contribution >= 0.6 is 0 Å². The molecule has 3 aromatic heterocycles. The molecule has 0 aliphatic carbocycles. The van der Waals surface area contributed by atoms with Gasteiger partial charge < -0.3 is 5.11 Å². The third-order valence-corrected chi connectivity index (χ3v) is 5.76. The van der Waals surface area contributed by atoms with E-state index >= 15 is 0 Å². The fourth-order valence-electron chi connectivity index (χ4n) is 3.50. The van der Waals surface area contributed by atoms with E-state index < -0.39 is 6.10 Å². The highest BCUT2D eigenvalue weighted by atomic mass is 16.3. The van der Waals surface area contributed by atoms with E-state index in [-0.39, 0.29) is 5.41 Å². The quantitative estimate of drug-likeness (QED) is 0.380. The molecule has 172 valence electrons. The van der Waals surface area contributed by atoms with E-state index in [0.29, 0.717) is 19.0 Å². The maximum atomic E-state index is 10.4. The minimum absolute atomic E-state index is 0.210. The van der Waals surface area contributed by atoms with Gasteiger partial charge in [-0.15, -0.1) is 0 Å². The average Bonchev–Trinajstić information content (AvgIpc) is 3.42. The summed E-state index contributed by atoms with van der Waals surface area (Å²) in [4.78, 5) is 4.88. The Morgan fingerprint density at radius 3 is 2.62 bits per heavy atom. The summed E-state index contributed by atoms with van der Waals surface area (Å²) >= 11 is 0. The van der Waals surface area contributed by atoms with E-state index in [1.54, 1.807) is 23.3 Å². The van der Waals surface area contributed by atoms with Crippen LogP contribution in [0.2, 0.25) is 0 Å². The van der Waals surface area contributed by atoms with Crippen LogP contribution in [0.3, 0.4) is 0 Å². The molecule has 8 heteroatoms. The molecule has 0 spiro atoms. The second kappa shape index (κ2) is 10.1. The number of hydrogen-bond donors (Lipinski definition) is 1. The van der Waals surface area contributed by atoms with E-state index in [1.165, 1.54) is 0 Å². The lowest BCUT2D eigenvalue weighted by Gasteiger charge is -2.25. The lowest BCUT2D eigenvalue weighted by Crippen LogP contribution is -2.30. The van der Waals surface area contributed by atoms with E-state index in [0.717, 1.165) is 35.3 Å². The van der Waals surface area contributed by atoms with Gasteiger partial charge in [0.05, 0.1) is 54.2 Å². The van der Waals surface area contributed by atoms with E-state index in [1.807, 2.05) is 55.0 Å². The molecule has 3 aromatic rings. The first-order chi connectivity index (χ1) is 15.3. The topological polar surface area (TPSA) is 83.8 Å². The van der Waals surface area contributed by atoms with Crippen molar-refractivity contribution in [1.82, 2.24) is 29.4 Å². The lowest BCUT2D eigenvalue weighted by molar-refractivity contribution is 0.0451. The van der Waals surface area contributed by atoms with Crippen LogP contribution in [-0.4, -0.2) is 52.9 Å². The zero-order chi connectivity index (χ0) is 23.3. The first-order valence-electron chi connectivity index (χ1n) is 11.2. The Morgan fingerprint density at radius 2 is 1.97 bits per heavy atom. The monoisotopic (exact) mass is 437 g/mol. The van der Waals surface area contributed by atoms with Crippen LogP contribution in [0.4, 0.5) is 0 Å². The molecular formula is C24H35N7O. The number of aliphatic hydroxyl groups is 1. The minimum Gasteiger partial charge on any atom is -0.391 e. The third-order valence-electron chi connectivity index (χ3n) is 5.76. The highest BCUT2D eigenvalue weighted by molar-refractivity contribution is 5.68. The molecule has 0 bridgehead atoms. The van der Waals surface area contributed by atoms with Gasteiger partial charge in [0.15, 0.2) is 0 Å². The van der Waals surface area contributed by atoms with Crippen LogP contribution in [0.1, 0.15) is 53.2 Å². The summed E-state index contributed by atoms with van der Waals surface area (Å²) < 4.78 is 3.60. The number of aromatic nitrogens is 5. The third kappa shape index (κ3) is 5.43. The summed E-state index contributed by atoms with van der Waals surface area (Å²) in [5.74, 6) is 0. The second-order valence-corrected chi connectivity index (χ2v) is 9.10. The smallest absolute Gasteiger partial charge is 0.0921 e. The van der Waals surface area contributed by atoms with Crippen molar-refractivity contribution >= 4 is 11.7 Å². The molecule has 0 radical (unpaired) electrons. The summed E-state index contributed by atoms with van der Waals surface area (Å²) in [5.41, 5.74) is 3.29. The molecule has 0 aliphatic rings. The number of nitrogens with zero attached hydrogens (tertiary/aromatic N) is 7. The highest BCUT2D eigenvalue weighted by Crippen LogP contribution is 2.23. The molecule has 0 aromatic carbocycles. The number of rotatable bonds is 10. The summed E-state index contributed by atoms with van der Waals surface area (Å²) in [7, 11) is 0. The molecule has 0 aliphatic heterocycles. The number of hydrazone groups is 1. The minimum atomic E-state index is -0.494. The zero-order valence-electron chi connectivity index (χ0n) is 19.8. The van der Waals surface area contributed by atoms with Crippen LogP contribution < -0.4 is 0 Å². The Labute approximate surface area is 190 Å². The van der Waals surface area contributed by atoms with Crippen LogP contribution in [0.5, 0.6) is 0 Å². The molecule has 1 unspecified atom stereocenters. The Morgan fingerprint density at radius 1 is 1.22 bits per heavy atom. The molecule has 1 N–H and O–H groups in total. The predicted molar refractivity (Wildman–Crippen MR) is 128 cm³/mol. The first kappa shape index (κ1) is 23.7. The van der Waals surface area contributed by atoms with Gasteiger partial charge in [-0.05, 0) is 24.3 Å². The molecule has 0 saturated carbocycles. The predicted octanol–water partition coefficient (Wildman–Crippen LogP) is 4.16. The Hall–Kier alpha value is -3.00. The van der Waals surface area contributed by atoms with Gasteiger partial charge in [-0.1, -0.05) is 41.2 Å².